The van der Waals surface area contributed by atoms with Crippen LogP contribution in [0.15, 0.2) is 29.2 Å². The third-order valence-corrected chi connectivity index (χ3v) is 6.27. The van der Waals surface area contributed by atoms with Crippen LogP contribution in [0.3, 0.4) is 0 Å². The van der Waals surface area contributed by atoms with Gasteiger partial charge in [0, 0.05) is 13.1 Å². The monoisotopic (exact) mass is 295 g/mol. The van der Waals surface area contributed by atoms with Gasteiger partial charge in [0.1, 0.15) is 0 Å². The highest BCUT2D eigenvalue weighted by Crippen LogP contribution is 2.26. The van der Waals surface area contributed by atoms with E-state index in [9.17, 15) is 8.42 Å². The summed E-state index contributed by atoms with van der Waals surface area (Å²) in [5.74, 6) is 0.692. The minimum Gasteiger partial charge on any atom is -0.207 e. The van der Waals surface area contributed by atoms with Crippen molar-refractivity contribution in [3.05, 3.63) is 29.8 Å². The van der Waals surface area contributed by atoms with E-state index in [0.29, 0.717) is 23.9 Å². The predicted molar refractivity (Wildman–Crippen MR) is 82.2 cm³/mol. The van der Waals surface area contributed by atoms with E-state index in [-0.39, 0.29) is 0 Å². The number of aryl methyl sites for hydroxylation is 1. The highest BCUT2D eigenvalue weighted by atomic mass is 32.2. The molecule has 2 rings (SSSR count). The maximum Gasteiger partial charge on any atom is 0.243 e. The molecule has 0 saturated carbocycles. The van der Waals surface area contributed by atoms with Crippen LogP contribution in [0.4, 0.5) is 0 Å². The minimum absolute atomic E-state index is 0.467. The Morgan fingerprint density at radius 1 is 1.20 bits per heavy atom. The van der Waals surface area contributed by atoms with E-state index in [1.807, 2.05) is 19.1 Å². The van der Waals surface area contributed by atoms with Gasteiger partial charge in [-0.15, -0.1) is 0 Å². The molecule has 1 aromatic rings. The number of rotatable bonds is 4. The zero-order chi connectivity index (χ0) is 14.6. The van der Waals surface area contributed by atoms with Gasteiger partial charge >= 0.3 is 0 Å². The first kappa shape index (κ1) is 15.5. The second-order valence-electron chi connectivity index (χ2n) is 5.76. The van der Waals surface area contributed by atoms with Crippen LogP contribution in [0.1, 0.15) is 44.6 Å². The van der Waals surface area contributed by atoms with Gasteiger partial charge in [0.05, 0.1) is 4.90 Å². The molecule has 0 bridgehead atoms. The van der Waals surface area contributed by atoms with E-state index in [4.69, 9.17) is 0 Å². The number of nitrogens with zero attached hydrogens (tertiary/aromatic N) is 1. The molecule has 1 heterocycles. The molecule has 0 radical (unpaired) electrons. The second kappa shape index (κ2) is 6.72. The molecule has 3 nitrogen and oxygen atoms in total. The van der Waals surface area contributed by atoms with Crippen LogP contribution in [0.2, 0.25) is 0 Å². The molecule has 1 fully saturated rings. The van der Waals surface area contributed by atoms with Crippen molar-refractivity contribution in [1.82, 2.24) is 4.31 Å². The summed E-state index contributed by atoms with van der Waals surface area (Å²) in [7, 11) is -3.32. The molecule has 1 atom stereocenters. The summed E-state index contributed by atoms with van der Waals surface area (Å²) in [6.45, 7) is 5.40. The lowest BCUT2D eigenvalue weighted by atomic mass is 9.96. The van der Waals surface area contributed by atoms with Gasteiger partial charge in [-0.05, 0) is 43.7 Å². The van der Waals surface area contributed by atoms with Crippen molar-refractivity contribution in [2.24, 2.45) is 5.92 Å². The number of hydrogen-bond acceptors (Lipinski definition) is 2. The van der Waals surface area contributed by atoms with Gasteiger partial charge in [-0.1, -0.05) is 38.0 Å². The fraction of sp³-hybridized carbons (Fsp3) is 0.625. The molecular formula is C16H25NO2S. The summed E-state index contributed by atoms with van der Waals surface area (Å²) >= 11 is 0. The molecule has 1 aromatic carbocycles. The quantitative estimate of drug-likeness (QED) is 0.851. The van der Waals surface area contributed by atoms with Crippen molar-refractivity contribution in [2.75, 3.05) is 13.1 Å². The van der Waals surface area contributed by atoms with Crippen LogP contribution >= 0.6 is 0 Å². The van der Waals surface area contributed by atoms with Gasteiger partial charge in [0.2, 0.25) is 10.0 Å². The highest BCUT2D eigenvalue weighted by Gasteiger charge is 2.28. The van der Waals surface area contributed by atoms with Gasteiger partial charge < -0.3 is 0 Å². The smallest absolute Gasteiger partial charge is 0.207 e. The van der Waals surface area contributed by atoms with Gasteiger partial charge in [0.15, 0.2) is 0 Å². The van der Waals surface area contributed by atoms with Gasteiger partial charge in [0.25, 0.3) is 0 Å². The largest absolute Gasteiger partial charge is 0.243 e. The van der Waals surface area contributed by atoms with E-state index in [2.05, 4.69) is 6.92 Å². The molecule has 20 heavy (non-hydrogen) atoms. The zero-order valence-corrected chi connectivity index (χ0v) is 13.3. The lowest BCUT2D eigenvalue weighted by molar-refractivity contribution is 0.400. The SMILES string of the molecule is CCCC1CCCN(S(=O)(=O)c2ccccc2C)CC1. The van der Waals surface area contributed by atoms with E-state index >= 15 is 0 Å². The van der Waals surface area contributed by atoms with E-state index in [1.54, 1.807) is 16.4 Å². The Hall–Kier alpha value is -0.870. The first-order chi connectivity index (χ1) is 9.55. The number of benzene rings is 1. The normalized spacial score (nSPS) is 21.6. The molecule has 0 amide bonds. The molecular weight excluding hydrogens is 270 g/mol. The average Bonchev–Trinajstić information content (AvgIpc) is 2.65. The van der Waals surface area contributed by atoms with Crippen LogP contribution in [-0.4, -0.2) is 25.8 Å². The average molecular weight is 295 g/mol. The lowest BCUT2D eigenvalue weighted by Crippen LogP contribution is -2.32. The van der Waals surface area contributed by atoms with Gasteiger partial charge in [-0.25, -0.2) is 8.42 Å². The summed E-state index contributed by atoms with van der Waals surface area (Å²) in [5.41, 5.74) is 0.835. The van der Waals surface area contributed by atoms with E-state index in [1.165, 1.54) is 12.8 Å². The number of hydrogen-bond donors (Lipinski definition) is 0. The Kier molecular flexibility index (Phi) is 5.22. The van der Waals surface area contributed by atoms with Crippen LogP contribution in [0, 0.1) is 12.8 Å². The van der Waals surface area contributed by atoms with Gasteiger partial charge in [-0.2, -0.15) is 4.31 Å². The van der Waals surface area contributed by atoms with E-state index in [0.717, 1.165) is 24.8 Å². The Labute approximate surface area is 123 Å². The molecule has 1 aliphatic rings. The highest BCUT2D eigenvalue weighted by molar-refractivity contribution is 7.89. The molecule has 0 aliphatic carbocycles. The molecule has 0 spiro atoms. The Bertz CT molecular complexity index is 539. The first-order valence-electron chi connectivity index (χ1n) is 7.61. The second-order valence-corrected chi connectivity index (χ2v) is 7.66. The summed E-state index contributed by atoms with van der Waals surface area (Å²) in [4.78, 5) is 0.467. The van der Waals surface area contributed by atoms with E-state index < -0.39 is 10.0 Å². The third-order valence-electron chi connectivity index (χ3n) is 4.21. The summed E-state index contributed by atoms with van der Waals surface area (Å²) in [5, 5.41) is 0. The zero-order valence-electron chi connectivity index (χ0n) is 12.5. The Morgan fingerprint density at radius 2 is 1.95 bits per heavy atom. The van der Waals surface area contributed by atoms with Crippen LogP contribution in [0.25, 0.3) is 0 Å². The molecule has 112 valence electrons. The predicted octanol–water partition coefficient (Wildman–Crippen LogP) is 3.59. The molecule has 1 saturated heterocycles. The Morgan fingerprint density at radius 3 is 2.65 bits per heavy atom. The van der Waals surface area contributed by atoms with Crippen molar-refractivity contribution < 1.29 is 8.42 Å². The lowest BCUT2D eigenvalue weighted by Gasteiger charge is -2.21. The first-order valence-corrected chi connectivity index (χ1v) is 9.05. The van der Waals surface area contributed by atoms with Crippen molar-refractivity contribution in [2.45, 2.75) is 50.8 Å². The molecule has 1 unspecified atom stereocenters. The standard InChI is InChI=1S/C16H25NO2S/c1-3-7-15-9-6-12-17(13-11-15)20(18,19)16-10-5-4-8-14(16)2/h4-5,8,10,15H,3,6-7,9,11-13H2,1-2H3. The maximum absolute atomic E-state index is 12.8. The fourth-order valence-electron chi connectivity index (χ4n) is 3.06. The summed E-state index contributed by atoms with van der Waals surface area (Å²) in [6.07, 6.45) is 5.55. The molecule has 0 N–H and O–H groups in total. The number of sulfonamides is 1. The third kappa shape index (κ3) is 3.41. The fourth-order valence-corrected chi connectivity index (χ4v) is 4.78. The topological polar surface area (TPSA) is 37.4 Å². The van der Waals surface area contributed by atoms with Crippen LogP contribution < -0.4 is 0 Å². The van der Waals surface area contributed by atoms with Crippen molar-refractivity contribution in [1.29, 1.82) is 0 Å². The van der Waals surface area contributed by atoms with Crippen molar-refractivity contribution in [3.63, 3.8) is 0 Å². The van der Waals surface area contributed by atoms with Gasteiger partial charge in [-0.3, -0.25) is 0 Å². The molecule has 0 aromatic heterocycles. The van der Waals surface area contributed by atoms with Crippen molar-refractivity contribution >= 4 is 10.0 Å². The Balaban J connectivity index is 2.16. The van der Waals surface area contributed by atoms with Crippen LogP contribution in [0.5, 0.6) is 0 Å². The molecule has 4 heteroatoms. The summed E-state index contributed by atoms with van der Waals surface area (Å²) < 4.78 is 27.2. The van der Waals surface area contributed by atoms with Crippen molar-refractivity contribution in [3.8, 4) is 0 Å². The molecule has 1 aliphatic heterocycles. The minimum atomic E-state index is -3.32. The summed E-state index contributed by atoms with van der Waals surface area (Å²) in [6, 6.07) is 7.27. The van der Waals surface area contributed by atoms with Crippen LogP contribution in [-0.2, 0) is 10.0 Å². The maximum atomic E-state index is 12.8.